The highest BCUT2D eigenvalue weighted by molar-refractivity contribution is 9.10. The van der Waals surface area contributed by atoms with Crippen LogP contribution in [-0.4, -0.2) is 22.4 Å². The van der Waals surface area contributed by atoms with E-state index in [0.717, 1.165) is 4.90 Å². The molecule has 6 heteroatoms. The Hall–Kier alpha value is -1.95. The number of aromatic nitrogens is 1. The van der Waals surface area contributed by atoms with Crippen LogP contribution in [0.1, 0.15) is 38.2 Å². The van der Waals surface area contributed by atoms with Crippen LogP contribution in [0.15, 0.2) is 34.9 Å². The zero-order chi connectivity index (χ0) is 19.1. The first kappa shape index (κ1) is 14.4. The molecule has 2 aromatic rings. The number of carbonyl (C=O) groups is 1. The van der Waals surface area contributed by atoms with Crippen molar-refractivity contribution in [3.8, 4) is 5.75 Å². The van der Waals surface area contributed by atoms with Gasteiger partial charge in [0, 0.05) is 16.2 Å². The number of halogens is 2. The van der Waals surface area contributed by atoms with Crippen molar-refractivity contribution in [1.82, 2.24) is 9.88 Å². The van der Waals surface area contributed by atoms with Crippen molar-refractivity contribution in [3.05, 3.63) is 57.6 Å². The molecule has 0 atom stereocenters. The van der Waals surface area contributed by atoms with Crippen LogP contribution in [0.3, 0.4) is 0 Å². The fourth-order valence-electron chi connectivity index (χ4n) is 2.38. The lowest BCUT2D eigenvalue weighted by molar-refractivity contribution is 0.0763. The third kappa shape index (κ3) is 3.43. The monoisotopic (exact) mass is 394 g/mol. The second-order valence-corrected chi connectivity index (χ2v) is 6.89. The lowest BCUT2D eigenvalue weighted by Crippen LogP contribution is -2.24. The molecule has 24 heavy (non-hydrogen) atoms. The smallest absolute Gasteiger partial charge is 0.256 e. The molecule has 0 fully saturated rings. The van der Waals surface area contributed by atoms with Gasteiger partial charge in [-0.1, -0.05) is 29.8 Å². The lowest BCUT2D eigenvalue weighted by atomic mass is 10.1. The van der Waals surface area contributed by atoms with E-state index in [1.807, 2.05) is 13.8 Å². The number of carbonyl (C=O) groups excluding carboxylic acids is 1. The van der Waals surface area contributed by atoms with E-state index in [2.05, 4.69) is 20.9 Å². The number of benzene rings is 1. The summed E-state index contributed by atoms with van der Waals surface area (Å²) in [7, 11) is 0. The molecular weight excluding hydrogens is 375 g/mol. The van der Waals surface area contributed by atoms with Gasteiger partial charge in [0.2, 0.25) is 0 Å². The fraction of sp³-hybridized carbons (Fsp3) is 0.333. The summed E-state index contributed by atoms with van der Waals surface area (Å²) in [6.07, 6.45) is 1.44. The molecule has 3 rings (SSSR count). The SMILES string of the molecule is [2H]C1([2H])c2ncccc2C(=O)N1Cc1c(F)cc(Br)cc1OCC(C)C. The molecular formula is C18H18BrFN2O2. The molecule has 1 aromatic carbocycles. The first-order valence-corrected chi connectivity index (χ1v) is 8.39. The van der Waals surface area contributed by atoms with Crippen molar-refractivity contribution in [1.29, 1.82) is 0 Å². The van der Waals surface area contributed by atoms with Gasteiger partial charge in [-0.05, 0) is 30.2 Å². The molecule has 0 unspecified atom stereocenters. The normalized spacial score (nSPS) is 16.9. The Morgan fingerprint density at radius 1 is 1.50 bits per heavy atom. The number of amides is 1. The Morgan fingerprint density at radius 3 is 3.00 bits per heavy atom. The minimum atomic E-state index is -2.12. The van der Waals surface area contributed by atoms with Gasteiger partial charge < -0.3 is 9.64 Å². The van der Waals surface area contributed by atoms with Crippen LogP contribution in [-0.2, 0) is 13.0 Å². The van der Waals surface area contributed by atoms with Crippen LogP contribution in [0.2, 0.25) is 0 Å². The summed E-state index contributed by atoms with van der Waals surface area (Å²) in [6.45, 7) is 1.95. The van der Waals surface area contributed by atoms with Crippen LogP contribution in [0.5, 0.6) is 5.75 Å². The molecule has 0 bridgehead atoms. The third-order valence-electron chi connectivity index (χ3n) is 3.53. The number of pyridine rings is 1. The Kier molecular flexibility index (Phi) is 4.13. The second kappa shape index (κ2) is 6.89. The van der Waals surface area contributed by atoms with Crippen molar-refractivity contribution in [2.24, 2.45) is 5.92 Å². The largest absolute Gasteiger partial charge is 0.493 e. The zero-order valence-corrected chi connectivity index (χ0v) is 14.9. The molecule has 2 heterocycles. The molecule has 0 N–H and O–H groups in total. The summed E-state index contributed by atoms with van der Waals surface area (Å²) in [5.41, 5.74) is 0.380. The summed E-state index contributed by atoms with van der Waals surface area (Å²) < 4.78 is 37.4. The Labute approximate surface area is 151 Å². The summed E-state index contributed by atoms with van der Waals surface area (Å²) in [4.78, 5) is 17.6. The highest BCUT2D eigenvalue weighted by Gasteiger charge is 2.29. The van der Waals surface area contributed by atoms with E-state index >= 15 is 0 Å². The van der Waals surface area contributed by atoms with E-state index in [-0.39, 0.29) is 35.0 Å². The fourth-order valence-corrected chi connectivity index (χ4v) is 2.79. The van der Waals surface area contributed by atoms with Crippen LogP contribution >= 0.6 is 15.9 Å². The number of hydrogen-bond acceptors (Lipinski definition) is 3. The summed E-state index contributed by atoms with van der Waals surface area (Å²) in [6, 6.07) is 6.01. The highest BCUT2D eigenvalue weighted by atomic mass is 79.9. The van der Waals surface area contributed by atoms with Crippen molar-refractivity contribution in [2.45, 2.75) is 26.9 Å². The molecule has 1 aromatic heterocycles. The molecule has 1 aliphatic heterocycles. The van der Waals surface area contributed by atoms with E-state index in [9.17, 15) is 9.18 Å². The van der Waals surface area contributed by atoms with Crippen molar-refractivity contribution < 1.29 is 16.7 Å². The average molecular weight is 395 g/mol. The van der Waals surface area contributed by atoms with E-state index < -0.39 is 18.2 Å². The van der Waals surface area contributed by atoms with Crippen molar-refractivity contribution >= 4 is 21.8 Å². The topological polar surface area (TPSA) is 42.4 Å². The standard InChI is InChI=1S/C18H18BrFN2O2/c1-11(2)10-24-17-7-12(19)6-15(20)14(17)8-22-9-16-13(18(22)23)4-3-5-21-16/h3-7,11H,8-10H2,1-2H3/i9D2. The quantitative estimate of drug-likeness (QED) is 0.763. The molecule has 126 valence electrons. The molecule has 1 amide bonds. The number of ether oxygens (including phenoxy) is 1. The number of fused-ring (bicyclic) bond motifs is 1. The number of rotatable bonds is 5. The lowest BCUT2D eigenvalue weighted by Gasteiger charge is -2.20. The van der Waals surface area contributed by atoms with E-state index in [1.54, 1.807) is 12.1 Å². The summed E-state index contributed by atoms with van der Waals surface area (Å²) in [5.74, 6) is -0.558. The van der Waals surface area contributed by atoms with Crippen LogP contribution < -0.4 is 4.74 Å². The van der Waals surface area contributed by atoms with Gasteiger partial charge >= 0.3 is 0 Å². The maximum absolute atomic E-state index is 14.6. The van der Waals surface area contributed by atoms with Crippen molar-refractivity contribution in [3.63, 3.8) is 0 Å². The Balaban J connectivity index is 1.98. The van der Waals surface area contributed by atoms with Crippen LogP contribution in [0.25, 0.3) is 0 Å². The zero-order valence-electron chi connectivity index (χ0n) is 15.3. The van der Waals surface area contributed by atoms with Gasteiger partial charge in [-0.25, -0.2) is 4.39 Å². The van der Waals surface area contributed by atoms with Gasteiger partial charge in [-0.2, -0.15) is 0 Å². The van der Waals surface area contributed by atoms with Gasteiger partial charge in [0.25, 0.3) is 5.91 Å². The van der Waals surface area contributed by atoms with Crippen molar-refractivity contribution in [2.75, 3.05) is 6.61 Å². The van der Waals surface area contributed by atoms with E-state index in [1.165, 1.54) is 18.3 Å². The molecule has 0 aliphatic carbocycles. The second-order valence-electron chi connectivity index (χ2n) is 5.97. The van der Waals surface area contributed by atoms with E-state index in [0.29, 0.717) is 11.1 Å². The van der Waals surface area contributed by atoms with Gasteiger partial charge in [0.15, 0.2) is 0 Å². The minimum Gasteiger partial charge on any atom is -0.493 e. The van der Waals surface area contributed by atoms with Crippen LogP contribution in [0.4, 0.5) is 4.39 Å². The molecule has 0 saturated carbocycles. The minimum absolute atomic E-state index is 0.0483. The van der Waals surface area contributed by atoms with Gasteiger partial charge in [0.05, 0.1) is 33.6 Å². The predicted octanol–water partition coefficient (Wildman–Crippen LogP) is 4.17. The van der Waals surface area contributed by atoms with Crippen LogP contribution in [0, 0.1) is 11.7 Å². The molecule has 0 radical (unpaired) electrons. The first-order valence-electron chi connectivity index (χ1n) is 8.60. The first-order chi connectivity index (χ1) is 12.2. The van der Waals surface area contributed by atoms with Gasteiger partial charge in [-0.15, -0.1) is 0 Å². The average Bonchev–Trinajstić information content (AvgIpc) is 2.76. The summed E-state index contributed by atoms with van der Waals surface area (Å²) in [5, 5.41) is 0. The van der Waals surface area contributed by atoms with Gasteiger partial charge in [-0.3, -0.25) is 9.78 Å². The third-order valence-corrected chi connectivity index (χ3v) is 3.99. The molecule has 4 nitrogen and oxygen atoms in total. The molecule has 0 spiro atoms. The Bertz CT molecular complexity index is 861. The highest BCUT2D eigenvalue weighted by Crippen LogP contribution is 2.31. The number of hydrogen-bond donors (Lipinski definition) is 0. The van der Waals surface area contributed by atoms with E-state index in [4.69, 9.17) is 7.48 Å². The maximum atomic E-state index is 14.6. The maximum Gasteiger partial charge on any atom is 0.256 e. The van der Waals surface area contributed by atoms with Gasteiger partial charge in [0.1, 0.15) is 11.6 Å². The Morgan fingerprint density at radius 2 is 2.29 bits per heavy atom. The molecule has 1 aliphatic rings. The summed E-state index contributed by atoms with van der Waals surface area (Å²) >= 11 is 3.24. The predicted molar refractivity (Wildman–Crippen MR) is 92.2 cm³/mol. The molecule has 0 saturated heterocycles. The number of nitrogens with zero attached hydrogens (tertiary/aromatic N) is 2.